The van der Waals surface area contributed by atoms with Crippen molar-refractivity contribution >= 4 is 11.6 Å². The molecule has 1 atom stereocenters. The van der Waals surface area contributed by atoms with Crippen LogP contribution in [-0.2, 0) is 0 Å². The number of carbonyl (C=O) groups is 1. The Hall–Kier alpha value is -2.20. The number of carbonyl (C=O) groups excluding carboxylic acids is 1. The van der Waals surface area contributed by atoms with Crippen molar-refractivity contribution in [1.82, 2.24) is 4.98 Å². The van der Waals surface area contributed by atoms with Crippen LogP contribution in [0, 0.1) is 13.8 Å². The lowest BCUT2D eigenvalue weighted by molar-refractivity contribution is 0.102. The van der Waals surface area contributed by atoms with E-state index in [2.05, 4.69) is 10.3 Å². The maximum atomic E-state index is 12.2. The summed E-state index contributed by atoms with van der Waals surface area (Å²) >= 11 is 0. The molecule has 0 saturated heterocycles. The molecule has 0 radical (unpaired) electrons. The van der Waals surface area contributed by atoms with Gasteiger partial charge < -0.3 is 10.4 Å². The maximum Gasteiger partial charge on any atom is 0.257 e. The Kier molecular flexibility index (Phi) is 4.15. The fraction of sp³-hybridized carbons (Fsp3) is 0.250. The highest BCUT2D eigenvalue weighted by Gasteiger charge is 2.11. The van der Waals surface area contributed by atoms with Crippen LogP contribution >= 0.6 is 0 Å². The van der Waals surface area contributed by atoms with E-state index in [1.807, 2.05) is 26.0 Å². The summed E-state index contributed by atoms with van der Waals surface area (Å²) in [7, 11) is 0. The van der Waals surface area contributed by atoms with Crippen molar-refractivity contribution in [3.63, 3.8) is 0 Å². The summed E-state index contributed by atoms with van der Waals surface area (Å²) in [6.45, 7) is 5.39. The molecule has 4 nitrogen and oxygen atoms in total. The normalized spacial score (nSPS) is 12.0. The number of pyridine rings is 1. The molecular formula is C16H18N2O2. The standard InChI is InChI=1S/C16H18N2O2/c1-10-7-8-15(11(2)17-10)16(20)18-14-6-4-5-13(9-14)12(3)19/h4-9,12,19H,1-3H3,(H,18,20). The highest BCUT2D eigenvalue weighted by molar-refractivity contribution is 6.05. The van der Waals surface area contributed by atoms with E-state index >= 15 is 0 Å². The first-order valence-electron chi connectivity index (χ1n) is 6.51. The molecule has 1 unspecified atom stereocenters. The predicted octanol–water partition coefficient (Wildman–Crippen LogP) is 3.00. The lowest BCUT2D eigenvalue weighted by atomic mass is 10.1. The summed E-state index contributed by atoms with van der Waals surface area (Å²) < 4.78 is 0. The van der Waals surface area contributed by atoms with E-state index < -0.39 is 6.10 Å². The fourth-order valence-electron chi connectivity index (χ4n) is 2.00. The minimum atomic E-state index is -0.561. The van der Waals surface area contributed by atoms with Crippen LogP contribution in [0.1, 0.15) is 40.3 Å². The number of nitrogens with one attached hydrogen (secondary N) is 1. The van der Waals surface area contributed by atoms with Gasteiger partial charge in [0.05, 0.1) is 17.4 Å². The van der Waals surface area contributed by atoms with Crippen LogP contribution in [0.2, 0.25) is 0 Å². The van der Waals surface area contributed by atoms with Crippen molar-refractivity contribution in [3.8, 4) is 0 Å². The number of aryl methyl sites for hydroxylation is 2. The largest absolute Gasteiger partial charge is 0.389 e. The monoisotopic (exact) mass is 270 g/mol. The molecule has 0 aliphatic rings. The van der Waals surface area contributed by atoms with Gasteiger partial charge in [-0.2, -0.15) is 0 Å². The van der Waals surface area contributed by atoms with Gasteiger partial charge in [-0.3, -0.25) is 9.78 Å². The van der Waals surface area contributed by atoms with Crippen molar-refractivity contribution in [2.75, 3.05) is 5.32 Å². The number of nitrogens with zero attached hydrogens (tertiary/aromatic N) is 1. The molecule has 0 aliphatic heterocycles. The second-order valence-corrected chi connectivity index (χ2v) is 4.84. The van der Waals surface area contributed by atoms with Gasteiger partial charge in [0.2, 0.25) is 0 Å². The molecule has 2 rings (SSSR count). The molecular weight excluding hydrogens is 252 g/mol. The first-order chi connectivity index (χ1) is 9.47. The van der Waals surface area contributed by atoms with E-state index in [-0.39, 0.29) is 5.91 Å². The Labute approximate surface area is 118 Å². The zero-order chi connectivity index (χ0) is 14.7. The minimum Gasteiger partial charge on any atom is -0.389 e. The summed E-state index contributed by atoms with van der Waals surface area (Å²) in [4.78, 5) is 16.5. The van der Waals surface area contributed by atoms with Crippen LogP contribution in [0.4, 0.5) is 5.69 Å². The van der Waals surface area contributed by atoms with Gasteiger partial charge in [-0.15, -0.1) is 0 Å². The summed E-state index contributed by atoms with van der Waals surface area (Å²) in [5, 5.41) is 12.4. The number of aliphatic hydroxyl groups excluding tert-OH is 1. The first-order valence-corrected chi connectivity index (χ1v) is 6.51. The number of aliphatic hydroxyl groups is 1. The number of amides is 1. The van der Waals surface area contributed by atoms with Crippen LogP contribution in [-0.4, -0.2) is 16.0 Å². The predicted molar refractivity (Wildman–Crippen MR) is 78.7 cm³/mol. The Morgan fingerprint density at radius 2 is 2.00 bits per heavy atom. The van der Waals surface area contributed by atoms with Gasteiger partial charge in [0.25, 0.3) is 5.91 Å². The van der Waals surface area contributed by atoms with Crippen LogP contribution < -0.4 is 5.32 Å². The summed E-state index contributed by atoms with van der Waals surface area (Å²) in [5.41, 5.74) is 3.57. The fourth-order valence-corrected chi connectivity index (χ4v) is 2.00. The van der Waals surface area contributed by atoms with E-state index in [0.717, 1.165) is 11.3 Å². The van der Waals surface area contributed by atoms with Crippen molar-refractivity contribution in [3.05, 3.63) is 58.9 Å². The Bertz CT molecular complexity index is 636. The zero-order valence-electron chi connectivity index (χ0n) is 11.8. The first kappa shape index (κ1) is 14.2. The number of hydrogen-bond acceptors (Lipinski definition) is 3. The molecule has 0 spiro atoms. The van der Waals surface area contributed by atoms with E-state index in [4.69, 9.17) is 0 Å². The topological polar surface area (TPSA) is 62.2 Å². The van der Waals surface area contributed by atoms with Crippen molar-refractivity contribution in [1.29, 1.82) is 0 Å². The number of hydrogen-bond donors (Lipinski definition) is 2. The molecule has 4 heteroatoms. The van der Waals surface area contributed by atoms with Gasteiger partial charge in [0.15, 0.2) is 0 Å². The molecule has 2 N–H and O–H groups in total. The van der Waals surface area contributed by atoms with E-state index in [1.54, 1.807) is 31.2 Å². The highest BCUT2D eigenvalue weighted by Crippen LogP contribution is 2.18. The molecule has 2 aromatic rings. The van der Waals surface area contributed by atoms with Crippen molar-refractivity contribution in [2.24, 2.45) is 0 Å². The van der Waals surface area contributed by atoms with Gasteiger partial charge in [0, 0.05) is 11.4 Å². The quantitative estimate of drug-likeness (QED) is 0.901. The van der Waals surface area contributed by atoms with Gasteiger partial charge in [0.1, 0.15) is 0 Å². The summed E-state index contributed by atoms with van der Waals surface area (Å²) in [6.07, 6.45) is -0.561. The number of benzene rings is 1. The average molecular weight is 270 g/mol. The summed E-state index contributed by atoms with van der Waals surface area (Å²) in [6, 6.07) is 10.8. The Balaban J connectivity index is 2.21. The zero-order valence-corrected chi connectivity index (χ0v) is 11.8. The average Bonchev–Trinajstić information content (AvgIpc) is 2.38. The Morgan fingerprint density at radius 1 is 1.25 bits per heavy atom. The third-order valence-corrected chi connectivity index (χ3v) is 3.10. The van der Waals surface area contributed by atoms with E-state index in [0.29, 0.717) is 16.9 Å². The molecule has 104 valence electrons. The number of rotatable bonds is 3. The van der Waals surface area contributed by atoms with Crippen LogP contribution in [0.25, 0.3) is 0 Å². The molecule has 0 bridgehead atoms. The lowest BCUT2D eigenvalue weighted by Crippen LogP contribution is -2.14. The molecule has 0 saturated carbocycles. The number of anilines is 1. The minimum absolute atomic E-state index is 0.197. The molecule has 1 aromatic carbocycles. The second-order valence-electron chi connectivity index (χ2n) is 4.84. The van der Waals surface area contributed by atoms with Crippen molar-refractivity contribution < 1.29 is 9.90 Å². The van der Waals surface area contributed by atoms with E-state index in [1.165, 1.54) is 0 Å². The second kappa shape index (κ2) is 5.84. The SMILES string of the molecule is Cc1ccc(C(=O)Nc2cccc(C(C)O)c2)c(C)n1. The molecule has 0 aliphatic carbocycles. The molecule has 1 amide bonds. The van der Waals surface area contributed by atoms with Crippen molar-refractivity contribution in [2.45, 2.75) is 26.9 Å². The molecule has 1 aromatic heterocycles. The number of aromatic nitrogens is 1. The van der Waals surface area contributed by atoms with Crippen LogP contribution in [0.15, 0.2) is 36.4 Å². The molecule has 0 fully saturated rings. The summed E-state index contributed by atoms with van der Waals surface area (Å²) in [5.74, 6) is -0.197. The maximum absolute atomic E-state index is 12.2. The highest BCUT2D eigenvalue weighted by atomic mass is 16.3. The third kappa shape index (κ3) is 3.22. The lowest BCUT2D eigenvalue weighted by Gasteiger charge is -2.10. The smallest absolute Gasteiger partial charge is 0.257 e. The van der Waals surface area contributed by atoms with Gasteiger partial charge >= 0.3 is 0 Å². The van der Waals surface area contributed by atoms with Crippen LogP contribution in [0.5, 0.6) is 0 Å². The van der Waals surface area contributed by atoms with E-state index in [9.17, 15) is 9.90 Å². The molecule has 1 heterocycles. The molecule has 20 heavy (non-hydrogen) atoms. The van der Waals surface area contributed by atoms with Gasteiger partial charge in [-0.1, -0.05) is 12.1 Å². The van der Waals surface area contributed by atoms with Crippen LogP contribution in [0.3, 0.4) is 0 Å². The van der Waals surface area contributed by atoms with Gasteiger partial charge in [-0.05, 0) is 50.6 Å². The third-order valence-electron chi connectivity index (χ3n) is 3.10. The van der Waals surface area contributed by atoms with Gasteiger partial charge in [-0.25, -0.2) is 0 Å². The Morgan fingerprint density at radius 3 is 2.65 bits per heavy atom.